The van der Waals surface area contributed by atoms with Crippen molar-refractivity contribution in [3.8, 4) is 0 Å². The Morgan fingerprint density at radius 3 is 2.39 bits per heavy atom. The summed E-state index contributed by atoms with van der Waals surface area (Å²) in [5.74, 6) is 1.52. The molecule has 3 aliphatic heterocycles. The molecule has 1 aromatic carbocycles. The molecule has 0 spiro atoms. The molecule has 1 atom stereocenters. The van der Waals surface area contributed by atoms with E-state index >= 15 is 0 Å². The van der Waals surface area contributed by atoms with Crippen molar-refractivity contribution in [1.82, 2.24) is 15.2 Å². The van der Waals surface area contributed by atoms with Gasteiger partial charge < -0.3 is 25.2 Å². The lowest BCUT2D eigenvalue weighted by Crippen LogP contribution is -2.52. The molecule has 0 aliphatic carbocycles. The molecular weight excluding hydrogens is 493 g/mol. The van der Waals surface area contributed by atoms with Crippen LogP contribution in [0, 0.1) is 0 Å². The van der Waals surface area contributed by atoms with Crippen molar-refractivity contribution in [2.75, 3.05) is 49.6 Å². The third-order valence-electron chi connectivity index (χ3n) is 7.30. The minimum absolute atomic E-state index is 0.0131. The van der Waals surface area contributed by atoms with Gasteiger partial charge in [-0.15, -0.1) is 0 Å². The predicted octanol–water partition coefficient (Wildman–Crippen LogP) is 4.98. The Labute approximate surface area is 221 Å². The Kier molecular flexibility index (Phi) is 7.26. The molecule has 2 fully saturated rings. The number of pyridine rings is 1. The van der Waals surface area contributed by atoms with Gasteiger partial charge in [0.2, 0.25) is 5.96 Å². The molecule has 5 rings (SSSR count). The van der Waals surface area contributed by atoms with Gasteiger partial charge in [-0.2, -0.15) is 18.2 Å². The van der Waals surface area contributed by atoms with Gasteiger partial charge in [-0.25, -0.2) is 4.98 Å². The maximum Gasteiger partial charge on any atom is 0.419 e. The van der Waals surface area contributed by atoms with E-state index in [1.165, 1.54) is 17.8 Å². The second-order valence-electron chi connectivity index (χ2n) is 11.0. The number of fused-ring (bicyclic) bond motifs is 1. The van der Waals surface area contributed by atoms with E-state index in [1.807, 2.05) is 0 Å². The molecule has 2 saturated heterocycles. The summed E-state index contributed by atoms with van der Waals surface area (Å²) in [5.41, 5.74) is 2.58. The first-order chi connectivity index (χ1) is 18.1. The van der Waals surface area contributed by atoms with Gasteiger partial charge in [0.15, 0.2) is 0 Å². The summed E-state index contributed by atoms with van der Waals surface area (Å²) in [6.45, 7) is 10.1. The molecule has 2 N–H and O–H groups in total. The summed E-state index contributed by atoms with van der Waals surface area (Å²) >= 11 is 0. The van der Waals surface area contributed by atoms with Crippen LogP contribution in [0.5, 0.6) is 0 Å². The summed E-state index contributed by atoms with van der Waals surface area (Å²) in [6, 6.07) is 10.7. The molecule has 0 amide bonds. The van der Waals surface area contributed by atoms with E-state index in [4.69, 9.17) is 9.73 Å². The predicted molar refractivity (Wildman–Crippen MR) is 143 cm³/mol. The van der Waals surface area contributed by atoms with Gasteiger partial charge in [0.05, 0.1) is 24.8 Å². The van der Waals surface area contributed by atoms with Crippen molar-refractivity contribution in [1.29, 1.82) is 0 Å². The number of hydrogen-bond acceptors (Lipinski definition) is 7. The molecule has 38 heavy (non-hydrogen) atoms. The lowest BCUT2D eigenvalue weighted by atomic mass is 9.87. The second-order valence-corrected chi connectivity index (χ2v) is 11.0. The quantitative estimate of drug-likeness (QED) is 0.586. The third-order valence-corrected chi connectivity index (χ3v) is 7.30. The van der Waals surface area contributed by atoms with Crippen molar-refractivity contribution in [3.63, 3.8) is 0 Å². The van der Waals surface area contributed by atoms with Crippen molar-refractivity contribution in [2.45, 2.75) is 51.2 Å². The van der Waals surface area contributed by atoms with Gasteiger partial charge in [-0.05, 0) is 53.7 Å². The number of ether oxygens (including phenoxy) is 1. The van der Waals surface area contributed by atoms with Gasteiger partial charge in [-0.1, -0.05) is 32.9 Å². The highest BCUT2D eigenvalue weighted by Gasteiger charge is 2.37. The standard InChI is InChI=1S/C28H35F3N6O/c1-27(2,3)19-6-8-20(9-7-19)33-24-21-10-13-36(25-22(28(29,30)31)5-4-12-32-25)14-11-23(21)34-26(35-24)37-15-17-38-18-16-37/h4-9,12,23,33H,10-11,13-18H2,1-3H3,(H,34,35). The first-order valence-electron chi connectivity index (χ1n) is 13.2. The fourth-order valence-electron chi connectivity index (χ4n) is 5.13. The van der Waals surface area contributed by atoms with Gasteiger partial charge in [0.1, 0.15) is 11.6 Å². The Morgan fingerprint density at radius 1 is 0.974 bits per heavy atom. The van der Waals surface area contributed by atoms with E-state index in [0.717, 1.165) is 42.2 Å². The van der Waals surface area contributed by atoms with Gasteiger partial charge in [0.25, 0.3) is 0 Å². The average molecular weight is 529 g/mol. The van der Waals surface area contributed by atoms with E-state index in [-0.39, 0.29) is 17.3 Å². The minimum Gasteiger partial charge on any atom is -0.378 e. The molecular formula is C28H35F3N6O. The van der Waals surface area contributed by atoms with E-state index < -0.39 is 11.7 Å². The molecule has 7 nitrogen and oxygen atoms in total. The maximum atomic E-state index is 13.7. The Hall–Kier alpha value is -3.27. The molecule has 4 heterocycles. The summed E-state index contributed by atoms with van der Waals surface area (Å²) in [4.78, 5) is 13.0. The topological polar surface area (TPSA) is 65.0 Å². The highest BCUT2D eigenvalue weighted by molar-refractivity contribution is 5.84. The van der Waals surface area contributed by atoms with E-state index in [2.05, 4.69) is 65.6 Å². The number of halogens is 3. The van der Waals surface area contributed by atoms with Crippen LogP contribution in [-0.4, -0.2) is 61.3 Å². The van der Waals surface area contributed by atoms with Crippen LogP contribution in [0.3, 0.4) is 0 Å². The normalized spacial score (nSPS) is 20.9. The zero-order valence-electron chi connectivity index (χ0n) is 22.1. The molecule has 2 aromatic rings. The van der Waals surface area contributed by atoms with Crippen LogP contribution in [0.15, 0.2) is 59.0 Å². The van der Waals surface area contributed by atoms with Gasteiger partial charge >= 0.3 is 6.18 Å². The van der Waals surface area contributed by atoms with Crippen LogP contribution in [0.2, 0.25) is 0 Å². The van der Waals surface area contributed by atoms with Crippen molar-refractivity contribution >= 4 is 17.5 Å². The molecule has 204 valence electrons. The first kappa shape index (κ1) is 26.3. The van der Waals surface area contributed by atoms with E-state index in [9.17, 15) is 13.2 Å². The van der Waals surface area contributed by atoms with Crippen LogP contribution >= 0.6 is 0 Å². The monoisotopic (exact) mass is 528 g/mol. The average Bonchev–Trinajstić information content (AvgIpc) is 3.11. The Balaban J connectivity index is 1.45. The van der Waals surface area contributed by atoms with E-state index in [0.29, 0.717) is 39.1 Å². The molecule has 0 radical (unpaired) electrons. The zero-order chi connectivity index (χ0) is 26.9. The Morgan fingerprint density at radius 2 is 1.71 bits per heavy atom. The number of nitrogens with one attached hydrogen (secondary N) is 2. The third kappa shape index (κ3) is 5.75. The summed E-state index contributed by atoms with van der Waals surface area (Å²) < 4.78 is 46.7. The minimum atomic E-state index is -4.46. The molecule has 0 saturated carbocycles. The molecule has 1 aromatic heterocycles. The maximum absolute atomic E-state index is 13.7. The van der Waals surface area contributed by atoms with Crippen molar-refractivity contribution in [2.24, 2.45) is 4.99 Å². The van der Waals surface area contributed by atoms with Gasteiger partial charge in [-0.3, -0.25) is 0 Å². The SMILES string of the molecule is CC(C)(C)c1ccc(NC2=C3CCN(c4ncccc4C(F)(F)F)CCC3NC(N3CCOCC3)=N2)cc1. The van der Waals surface area contributed by atoms with Crippen LogP contribution in [0.25, 0.3) is 0 Å². The number of rotatable bonds is 3. The fraction of sp³-hybridized carbons (Fsp3) is 0.500. The highest BCUT2D eigenvalue weighted by atomic mass is 19.4. The number of anilines is 2. The smallest absolute Gasteiger partial charge is 0.378 e. The first-order valence-corrected chi connectivity index (χ1v) is 13.2. The highest BCUT2D eigenvalue weighted by Crippen LogP contribution is 2.37. The van der Waals surface area contributed by atoms with Crippen LogP contribution < -0.4 is 15.5 Å². The number of morpholine rings is 1. The van der Waals surface area contributed by atoms with Crippen LogP contribution in [-0.2, 0) is 16.3 Å². The number of benzene rings is 1. The molecule has 10 heteroatoms. The summed E-state index contributed by atoms with van der Waals surface area (Å²) in [7, 11) is 0. The number of alkyl halides is 3. The Bertz CT molecular complexity index is 1200. The second kappa shape index (κ2) is 10.5. The zero-order valence-corrected chi connectivity index (χ0v) is 22.1. The lowest BCUT2D eigenvalue weighted by Gasteiger charge is -2.36. The molecule has 3 aliphatic rings. The number of hydrogen-bond donors (Lipinski definition) is 2. The van der Waals surface area contributed by atoms with Gasteiger partial charge in [0, 0.05) is 38.1 Å². The van der Waals surface area contributed by atoms with Crippen LogP contribution in [0.4, 0.5) is 24.7 Å². The molecule has 0 bridgehead atoms. The van der Waals surface area contributed by atoms with Crippen molar-refractivity contribution < 1.29 is 17.9 Å². The summed E-state index contributed by atoms with van der Waals surface area (Å²) in [5, 5.41) is 7.11. The number of aliphatic imine (C=N–C) groups is 1. The molecule has 1 unspecified atom stereocenters. The van der Waals surface area contributed by atoms with Crippen molar-refractivity contribution in [3.05, 3.63) is 65.1 Å². The number of nitrogens with zero attached hydrogens (tertiary/aromatic N) is 4. The van der Waals surface area contributed by atoms with E-state index in [1.54, 1.807) is 4.90 Å². The largest absolute Gasteiger partial charge is 0.419 e. The van der Waals surface area contributed by atoms with Crippen LogP contribution in [0.1, 0.15) is 44.7 Å². The fourth-order valence-corrected chi connectivity index (χ4v) is 5.13. The number of guanidine groups is 1. The lowest BCUT2D eigenvalue weighted by molar-refractivity contribution is -0.137. The number of aromatic nitrogens is 1. The summed E-state index contributed by atoms with van der Waals surface area (Å²) in [6.07, 6.45) is -1.85.